The van der Waals surface area contributed by atoms with Crippen molar-refractivity contribution in [1.29, 1.82) is 0 Å². The van der Waals surface area contributed by atoms with Crippen LogP contribution in [0.2, 0.25) is 0 Å². The minimum absolute atomic E-state index is 1.05. The molecule has 0 bridgehead atoms. The van der Waals surface area contributed by atoms with Crippen LogP contribution < -0.4 is 23.0 Å². The number of hydrogen-bond acceptors (Lipinski definition) is 6. The van der Waals surface area contributed by atoms with Gasteiger partial charge in [-0.1, -0.05) is 30.3 Å². The van der Waals surface area contributed by atoms with Gasteiger partial charge < -0.3 is 0 Å². The van der Waals surface area contributed by atoms with E-state index in [1.807, 2.05) is 12.3 Å². The smallest absolute Gasteiger partial charge is 0.222 e. The highest BCUT2D eigenvalue weighted by atomic mass is 35.7. The van der Waals surface area contributed by atoms with E-state index in [2.05, 4.69) is 52.9 Å². The first-order valence-electron chi connectivity index (χ1n) is 6.20. The molecule has 0 N–H and O–H groups in total. The van der Waals surface area contributed by atoms with Gasteiger partial charge in [-0.15, -0.1) is 10.2 Å². The van der Waals surface area contributed by atoms with Crippen LogP contribution in [0, 0.1) is 24.1 Å². The Morgan fingerprint density at radius 1 is 1.05 bits per heavy atom. The molecule has 3 aromatic rings. The number of hydrogen-bond donors (Lipinski definition) is 0. The Hall–Kier alpha value is -1.61. The van der Waals surface area contributed by atoms with E-state index in [1.165, 1.54) is 22.5 Å². The standard InChI is InChI=1S/C14H13N2S.ClHO4/c1-10-8-15-14-16(11(10)2)13(9-17-14)12-6-4-3-5-7-12;2-1(3,4)5/h3-9H,1-2H3;(H,2,3,4,5)/q+1;/p-1. The van der Waals surface area contributed by atoms with E-state index in [0.717, 1.165) is 4.96 Å². The minimum Gasteiger partial charge on any atom is -0.222 e. The first kappa shape index (κ1) is 16.8. The lowest BCUT2D eigenvalue weighted by atomic mass is 10.1. The van der Waals surface area contributed by atoms with Gasteiger partial charge in [-0.3, -0.25) is 0 Å². The zero-order chi connectivity index (χ0) is 16.3. The van der Waals surface area contributed by atoms with Gasteiger partial charge >= 0.3 is 4.96 Å². The Balaban J connectivity index is 0.000000309. The minimum atomic E-state index is -4.94. The van der Waals surface area contributed by atoms with E-state index in [4.69, 9.17) is 18.6 Å². The molecule has 22 heavy (non-hydrogen) atoms. The highest BCUT2D eigenvalue weighted by Crippen LogP contribution is 2.20. The molecule has 8 heteroatoms. The summed E-state index contributed by atoms with van der Waals surface area (Å²) in [5.74, 6) is 0. The fourth-order valence-corrected chi connectivity index (χ4v) is 2.87. The van der Waals surface area contributed by atoms with Crippen LogP contribution >= 0.6 is 11.3 Å². The SMILES string of the molecule is Cc1cnc2scc(-c3ccccc3)[n+]2c1C.[O-][Cl+3]([O-])([O-])[O-]. The van der Waals surface area contributed by atoms with Crippen molar-refractivity contribution in [2.75, 3.05) is 0 Å². The van der Waals surface area contributed by atoms with Crippen molar-refractivity contribution in [2.24, 2.45) is 0 Å². The quantitative estimate of drug-likeness (QED) is 0.496. The second-order valence-electron chi connectivity index (χ2n) is 4.51. The maximum Gasteiger partial charge on any atom is 0.387 e. The summed E-state index contributed by atoms with van der Waals surface area (Å²) < 4.78 is 36.2. The van der Waals surface area contributed by atoms with E-state index < -0.39 is 10.2 Å². The van der Waals surface area contributed by atoms with Crippen LogP contribution in [-0.4, -0.2) is 4.98 Å². The van der Waals surface area contributed by atoms with Crippen LogP contribution in [0.15, 0.2) is 41.9 Å². The van der Waals surface area contributed by atoms with Gasteiger partial charge in [0.25, 0.3) is 0 Å². The lowest BCUT2D eigenvalue weighted by Crippen LogP contribution is -2.68. The fourth-order valence-electron chi connectivity index (χ4n) is 1.96. The number of rotatable bonds is 1. The molecule has 2 aromatic heterocycles. The van der Waals surface area contributed by atoms with Crippen molar-refractivity contribution in [3.8, 4) is 11.3 Å². The van der Waals surface area contributed by atoms with Crippen LogP contribution in [0.4, 0.5) is 0 Å². The van der Waals surface area contributed by atoms with Crippen LogP contribution in [0.25, 0.3) is 16.2 Å². The number of benzene rings is 1. The van der Waals surface area contributed by atoms with Crippen LogP contribution in [0.1, 0.15) is 11.3 Å². The number of thiazole rings is 1. The predicted molar refractivity (Wildman–Crippen MR) is 70.2 cm³/mol. The molecule has 3 rings (SSSR count). The van der Waals surface area contributed by atoms with Crippen molar-refractivity contribution in [1.82, 2.24) is 4.98 Å². The lowest BCUT2D eigenvalue weighted by Gasteiger charge is -2.17. The van der Waals surface area contributed by atoms with E-state index in [1.54, 1.807) is 11.3 Å². The number of fused-ring (bicyclic) bond motifs is 1. The molecular formula is C14H13ClN2O4S. The summed E-state index contributed by atoms with van der Waals surface area (Å²) >= 11 is 1.68. The molecule has 0 amide bonds. The maximum absolute atomic E-state index is 8.49. The van der Waals surface area contributed by atoms with Gasteiger partial charge in [0.05, 0.1) is 0 Å². The molecule has 0 spiro atoms. The highest BCUT2D eigenvalue weighted by molar-refractivity contribution is 7.14. The molecule has 116 valence electrons. The molecule has 6 nitrogen and oxygen atoms in total. The molecule has 0 aliphatic heterocycles. The monoisotopic (exact) mass is 340 g/mol. The summed E-state index contributed by atoms with van der Waals surface area (Å²) in [5.41, 5.74) is 4.94. The molecule has 0 radical (unpaired) electrons. The zero-order valence-corrected chi connectivity index (χ0v) is 13.4. The molecule has 1 aromatic carbocycles. The lowest BCUT2D eigenvalue weighted by molar-refractivity contribution is -2.00. The number of nitrogens with zero attached hydrogens (tertiary/aromatic N) is 2. The summed E-state index contributed by atoms with van der Waals surface area (Å²) in [6.07, 6.45) is 1.94. The van der Waals surface area contributed by atoms with E-state index in [0.29, 0.717) is 0 Å². The topological polar surface area (TPSA) is 109 Å². The average Bonchev–Trinajstić information content (AvgIpc) is 2.87. The van der Waals surface area contributed by atoms with Gasteiger partial charge in [0.1, 0.15) is 11.9 Å². The molecular weight excluding hydrogens is 328 g/mol. The van der Waals surface area contributed by atoms with Crippen LogP contribution in [-0.2, 0) is 0 Å². The summed E-state index contributed by atoms with van der Waals surface area (Å²) in [6, 6.07) is 10.4. The summed E-state index contributed by atoms with van der Waals surface area (Å²) in [5, 5.41) is 2.17. The third kappa shape index (κ3) is 4.20. The second kappa shape index (κ2) is 6.66. The Labute approximate surface area is 133 Å². The maximum atomic E-state index is 8.49. The molecule has 0 unspecified atom stereocenters. The van der Waals surface area contributed by atoms with Crippen LogP contribution in [0.3, 0.4) is 0 Å². The van der Waals surface area contributed by atoms with Gasteiger partial charge in [0.15, 0.2) is 5.69 Å². The Morgan fingerprint density at radius 3 is 2.23 bits per heavy atom. The van der Waals surface area contributed by atoms with Gasteiger partial charge in [-0.2, -0.15) is 4.40 Å². The molecule has 0 fully saturated rings. The zero-order valence-electron chi connectivity index (χ0n) is 11.9. The molecule has 0 saturated heterocycles. The summed E-state index contributed by atoms with van der Waals surface area (Å²) in [4.78, 5) is 5.52. The van der Waals surface area contributed by atoms with Crippen molar-refractivity contribution in [3.63, 3.8) is 0 Å². The Bertz CT molecular complexity index is 766. The van der Waals surface area contributed by atoms with Crippen LogP contribution in [0.5, 0.6) is 0 Å². The van der Waals surface area contributed by atoms with Gasteiger partial charge in [0.2, 0.25) is 0 Å². The third-order valence-electron chi connectivity index (χ3n) is 3.05. The third-order valence-corrected chi connectivity index (χ3v) is 3.89. The Kier molecular flexibility index (Phi) is 5.07. The first-order valence-corrected chi connectivity index (χ1v) is 8.31. The average molecular weight is 341 g/mol. The second-order valence-corrected chi connectivity index (χ2v) is 6.10. The number of halogens is 1. The molecule has 0 aliphatic carbocycles. The number of aryl methyl sites for hydroxylation is 2. The predicted octanol–water partition coefficient (Wildman–Crippen LogP) is -1.59. The van der Waals surface area contributed by atoms with E-state index in [9.17, 15) is 0 Å². The highest BCUT2D eigenvalue weighted by Gasteiger charge is 2.17. The van der Waals surface area contributed by atoms with Crippen molar-refractivity contribution >= 4 is 16.3 Å². The van der Waals surface area contributed by atoms with Gasteiger partial charge in [-0.25, -0.2) is 18.6 Å². The van der Waals surface area contributed by atoms with Crippen molar-refractivity contribution < 1.29 is 33.3 Å². The largest absolute Gasteiger partial charge is 0.387 e. The molecule has 0 saturated carbocycles. The van der Waals surface area contributed by atoms with E-state index >= 15 is 0 Å². The molecule has 2 heterocycles. The normalized spacial score (nSPS) is 11.2. The molecule has 0 aliphatic rings. The number of aromatic nitrogens is 2. The summed E-state index contributed by atoms with van der Waals surface area (Å²) in [7, 11) is -4.94. The molecule has 0 atom stereocenters. The van der Waals surface area contributed by atoms with Gasteiger partial charge in [-0.05, 0) is 30.2 Å². The summed E-state index contributed by atoms with van der Waals surface area (Å²) in [6.45, 7) is 4.24. The first-order chi connectivity index (χ1) is 10.3. The van der Waals surface area contributed by atoms with Gasteiger partial charge in [0, 0.05) is 16.5 Å². The fraction of sp³-hybridized carbons (Fsp3) is 0.143. The van der Waals surface area contributed by atoms with Crippen molar-refractivity contribution in [3.05, 3.63) is 53.2 Å². The van der Waals surface area contributed by atoms with E-state index in [-0.39, 0.29) is 0 Å². The van der Waals surface area contributed by atoms with Crippen molar-refractivity contribution in [2.45, 2.75) is 13.8 Å². The Morgan fingerprint density at radius 2 is 1.64 bits per heavy atom.